The van der Waals surface area contributed by atoms with E-state index >= 15 is 0 Å². The van der Waals surface area contributed by atoms with Crippen LogP contribution >= 0.6 is 23.5 Å². The van der Waals surface area contributed by atoms with Gasteiger partial charge in [-0.1, -0.05) is 13.8 Å². The van der Waals surface area contributed by atoms with Gasteiger partial charge in [-0.2, -0.15) is 23.5 Å². The van der Waals surface area contributed by atoms with Gasteiger partial charge in [0.15, 0.2) is 0 Å². The van der Waals surface area contributed by atoms with E-state index in [-0.39, 0.29) is 18.6 Å². The predicted octanol–water partition coefficient (Wildman–Crippen LogP) is 1.41. The van der Waals surface area contributed by atoms with Crippen molar-refractivity contribution >= 4 is 41.4 Å². The lowest BCUT2D eigenvalue weighted by Gasteiger charge is -2.52. The molecule has 0 amide bonds. The van der Waals surface area contributed by atoms with Crippen LogP contribution in [0.4, 0.5) is 0 Å². The molecule has 31 heavy (non-hydrogen) atoms. The normalized spacial score (nSPS) is 33.6. The van der Waals surface area contributed by atoms with E-state index in [1.54, 1.807) is 25.6 Å². The highest BCUT2D eigenvalue weighted by Crippen LogP contribution is 2.52. The fraction of sp³-hybridized carbons (Fsp3) is 0.750. The van der Waals surface area contributed by atoms with Crippen LogP contribution in [0.5, 0.6) is 0 Å². The van der Waals surface area contributed by atoms with Gasteiger partial charge in [0.25, 0.3) is 0 Å². The van der Waals surface area contributed by atoms with Crippen molar-refractivity contribution in [2.75, 3.05) is 30.6 Å². The van der Waals surface area contributed by atoms with Gasteiger partial charge in [-0.3, -0.25) is 0 Å². The van der Waals surface area contributed by atoms with Gasteiger partial charge in [-0.25, -0.2) is 14.4 Å². The number of esters is 1. The van der Waals surface area contributed by atoms with Crippen LogP contribution in [0.15, 0.2) is 11.6 Å². The first-order chi connectivity index (χ1) is 14.5. The SMILES string of the molecule is CCCOC(=O)/C(C)=C/C12C(C)C(N)(CCSC)C(=O)ON1OC(=O)C2(N)CCSC. The minimum atomic E-state index is -1.59. The van der Waals surface area contributed by atoms with Gasteiger partial charge in [0.05, 0.1) is 6.61 Å². The number of fused-ring (bicyclic) bond motifs is 1. The molecule has 4 N–H and O–H groups in total. The topological polar surface area (TPSA) is 134 Å². The second-order valence-corrected chi connectivity index (χ2v) is 9.99. The zero-order chi connectivity index (χ0) is 23.4. The lowest BCUT2D eigenvalue weighted by Crippen LogP contribution is -2.77. The first-order valence-electron chi connectivity index (χ1n) is 10.2. The van der Waals surface area contributed by atoms with Crippen molar-refractivity contribution in [1.29, 1.82) is 0 Å². The average Bonchev–Trinajstić information content (AvgIpc) is 2.95. The number of carbonyl (C=O) groups is 3. The molecule has 0 saturated carbocycles. The van der Waals surface area contributed by atoms with Crippen LogP contribution in [-0.4, -0.2) is 70.4 Å². The number of nitrogens with zero attached hydrogens (tertiary/aromatic N) is 1. The Kier molecular flexibility index (Phi) is 8.48. The maximum atomic E-state index is 13.0. The quantitative estimate of drug-likeness (QED) is 0.351. The first-order valence-corrected chi connectivity index (χ1v) is 13.0. The number of ether oxygens (including phenoxy) is 1. The zero-order valence-corrected chi connectivity index (χ0v) is 20.4. The van der Waals surface area contributed by atoms with Gasteiger partial charge in [0.2, 0.25) is 0 Å². The minimum absolute atomic E-state index is 0.229. The van der Waals surface area contributed by atoms with Gasteiger partial charge in [0, 0.05) is 16.7 Å². The molecular weight excluding hydrogens is 442 g/mol. The van der Waals surface area contributed by atoms with Crippen molar-refractivity contribution < 1.29 is 28.8 Å². The van der Waals surface area contributed by atoms with Crippen LogP contribution in [0.2, 0.25) is 0 Å². The zero-order valence-electron chi connectivity index (χ0n) is 18.8. The lowest BCUT2D eigenvalue weighted by atomic mass is 9.61. The second kappa shape index (κ2) is 10.1. The molecular formula is C20H33N3O6S2. The molecule has 0 bridgehead atoms. The van der Waals surface area contributed by atoms with Crippen LogP contribution in [0.1, 0.15) is 40.0 Å². The highest BCUT2D eigenvalue weighted by atomic mass is 32.2. The van der Waals surface area contributed by atoms with E-state index in [9.17, 15) is 14.4 Å². The molecule has 176 valence electrons. The summed E-state index contributed by atoms with van der Waals surface area (Å²) in [4.78, 5) is 49.2. The maximum absolute atomic E-state index is 13.0. The molecule has 11 heteroatoms. The van der Waals surface area contributed by atoms with Crippen LogP contribution in [-0.2, 0) is 28.8 Å². The number of hydrogen-bond donors (Lipinski definition) is 2. The Bertz CT molecular complexity index is 750. The molecule has 4 atom stereocenters. The van der Waals surface area contributed by atoms with Crippen LogP contribution < -0.4 is 11.5 Å². The van der Waals surface area contributed by atoms with Gasteiger partial charge < -0.3 is 25.9 Å². The van der Waals surface area contributed by atoms with E-state index in [1.807, 2.05) is 19.4 Å². The Balaban J connectivity index is 2.66. The molecule has 0 aromatic heterocycles. The molecule has 0 radical (unpaired) electrons. The molecule has 2 aliphatic heterocycles. The summed E-state index contributed by atoms with van der Waals surface area (Å²) < 4.78 is 5.25. The Morgan fingerprint density at radius 3 is 2.32 bits per heavy atom. The standard InChI is InChI=1S/C20H33N3O6S2/c1-6-9-27-15(24)13(2)12-20-14(3)18(21,7-10-30-4)16(25)28-23(20)29-17(26)19(20,22)8-11-31-5/h12,14H,6-11,21-22H2,1-5H3/b13-12+. The van der Waals surface area contributed by atoms with E-state index in [0.29, 0.717) is 24.3 Å². The fourth-order valence-electron chi connectivity index (χ4n) is 4.09. The van der Waals surface area contributed by atoms with Gasteiger partial charge in [0.1, 0.15) is 16.6 Å². The van der Waals surface area contributed by atoms with Gasteiger partial charge in [-0.05, 0) is 56.3 Å². The maximum Gasteiger partial charge on any atom is 0.351 e. The summed E-state index contributed by atoms with van der Waals surface area (Å²) in [5.74, 6) is -1.53. The molecule has 0 spiro atoms. The smallest absolute Gasteiger partial charge is 0.351 e. The van der Waals surface area contributed by atoms with Crippen LogP contribution in [0.25, 0.3) is 0 Å². The lowest BCUT2D eigenvalue weighted by molar-refractivity contribution is -0.365. The number of nitrogens with two attached hydrogens (primary N) is 2. The largest absolute Gasteiger partial charge is 0.462 e. The predicted molar refractivity (Wildman–Crippen MR) is 121 cm³/mol. The summed E-state index contributed by atoms with van der Waals surface area (Å²) in [6, 6.07) is 0. The molecule has 2 aliphatic rings. The monoisotopic (exact) mass is 475 g/mol. The Labute approximate surface area is 191 Å². The van der Waals surface area contributed by atoms with Crippen molar-refractivity contribution in [3.05, 3.63) is 11.6 Å². The molecule has 0 aliphatic carbocycles. The summed E-state index contributed by atoms with van der Waals surface area (Å²) in [7, 11) is 0. The molecule has 4 unspecified atom stereocenters. The number of hydrogen-bond acceptors (Lipinski definition) is 11. The number of hydroxylamine groups is 2. The van der Waals surface area contributed by atoms with Gasteiger partial charge >= 0.3 is 17.9 Å². The third-order valence-electron chi connectivity index (χ3n) is 6.14. The summed E-state index contributed by atoms with van der Waals surface area (Å²) in [5.41, 5.74) is 9.08. The number of thioether (sulfide) groups is 2. The van der Waals surface area contributed by atoms with E-state index in [2.05, 4.69) is 0 Å². The summed E-state index contributed by atoms with van der Waals surface area (Å²) in [5, 5.41) is 0.851. The number of carbonyl (C=O) groups excluding carboxylic acids is 3. The van der Waals surface area contributed by atoms with E-state index in [4.69, 9.17) is 25.9 Å². The molecule has 9 nitrogen and oxygen atoms in total. The summed E-state index contributed by atoms with van der Waals surface area (Å²) in [6.07, 6.45) is 6.55. The van der Waals surface area contributed by atoms with E-state index in [0.717, 1.165) is 5.23 Å². The van der Waals surface area contributed by atoms with Crippen molar-refractivity contribution in [3.8, 4) is 0 Å². The van der Waals surface area contributed by atoms with Crippen LogP contribution in [0, 0.1) is 5.92 Å². The van der Waals surface area contributed by atoms with E-state index < -0.39 is 40.4 Å². The average molecular weight is 476 g/mol. The Morgan fingerprint density at radius 1 is 1.16 bits per heavy atom. The third kappa shape index (κ3) is 4.35. The van der Waals surface area contributed by atoms with Crippen LogP contribution in [0.3, 0.4) is 0 Å². The molecule has 2 rings (SSSR count). The van der Waals surface area contributed by atoms with Crippen molar-refractivity contribution in [3.63, 3.8) is 0 Å². The molecule has 2 heterocycles. The first kappa shape index (κ1) is 26.0. The van der Waals surface area contributed by atoms with E-state index in [1.165, 1.54) is 17.8 Å². The summed E-state index contributed by atoms with van der Waals surface area (Å²) >= 11 is 3.06. The fourth-order valence-corrected chi connectivity index (χ4v) is 5.15. The minimum Gasteiger partial charge on any atom is -0.462 e. The highest BCUT2D eigenvalue weighted by molar-refractivity contribution is 7.98. The Hall–Kier alpha value is -1.27. The second-order valence-electron chi connectivity index (χ2n) is 8.02. The highest BCUT2D eigenvalue weighted by Gasteiger charge is 2.75. The molecule has 2 fully saturated rings. The third-order valence-corrected chi connectivity index (χ3v) is 7.37. The van der Waals surface area contributed by atoms with Crippen molar-refractivity contribution in [2.24, 2.45) is 17.4 Å². The summed E-state index contributed by atoms with van der Waals surface area (Å²) in [6.45, 7) is 5.47. The molecule has 0 aromatic carbocycles. The van der Waals surface area contributed by atoms with Crippen molar-refractivity contribution in [2.45, 2.75) is 56.7 Å². The Morgan fingerprint density at radius 2 is 1.74 bits per heavy atom. The van der Waals surface area contributed by atoms with Crippen molar-refractivity contribution in [1.82, 2.24) is 5.23 Å². The molecule has 0 aromatic rings. The number of rotatable bonds is 10. The van der Waals surface area contributed by atoms with Gasteiger partial charge in [-0.15, -0.1) is 0 Å². The molecule has 2 saturated heterocycles.